The molecule has 0 bridgehead atoms. The Morgan fingerprint density at radius 2 is 1.85 bits per heavy atom. The van der Waals surface area contributed by atoms with Crippen molar-refractivity contribution in [1.82, 2.24) is 24.1 Å². The normalized spacial score (nSPS) is 11.0. The first-order chi connectivity index (χ1) is 12.7. The smallest absolute Gasteiger partial charge is 0.164 e. The molecule has 26 heavy (non-hydrogen) atoms. The lowest BCUT2D eigenvalue weighted by Gasteiger charge is -2.03. The van der Waals surface area contributed by atoms with Crippen molar-refractivity contribution < 1.29 is 0 Å². The fourth-order valence-corrected chi connectivity index (χ4v) is 3.05. The third-order valence-corrected chi connectivity index (χ3v) is 4.51. The molecule has 0 fully saturated rings. The Bertz CT molecular complexity index is 1110. The van der Waals surface area contributed by atoms with E-state index in [4.69, 9.17) is 10.2 Å². The first-order valence-corrected chi connectivity index (χ1v) is 8.49. The van der Waals surface area contributed by atoms with Crippen LogP contribution in [0.1, 0.15) is 22.9 Å². The van der Waals surface area contributed by atoms with Crippen molar-refractivity contribution in [2.24, 2.45) is 7.05 Å². The fraction of sp³-hybridized carbons (Fsp3) is 0.200. The minimum Gasteiger partial charge on any atom is -0.337 e. The van der Waals surface area contributed by atoms with E-state index in [-0.39, 0.29) is 0 Å². The Labute approximate surface area is 151 Å². The van der Waals surface area contributed by atoms with Gasteiger partial charge in [0.25, 0.3) is 0 Å². The van der Waals surface area contributed by atoms with Crippen molar-refractivity contribution in [1.29, 1.82) is 5.26 Å². The predicted octanol–water partition coefficient (Wildman–Crippen LogP) is 3.10. The predicted molar refractivity (Wildman–Crippen MR) is 98.5 cm³/mol. The van der Waals surface area contributed by atoms with E-state index in [9.17, 15) is 0 Å². The number of nitrogens with zero attached hydrogens (tertiary/aromatic N) is 6. The van der Waals surface area contributed by atoms with Crippen molar-refractivity contribution in [3.63, 3.8) is 0 Å². The van der Waals surface area contributed by atoms with Gasteiger partial charge in [0.2, 0.25) is 0 Å². The highest BCUT2D eigenvalue weighted by Gasteiger charge is 2.11. The van der Waals surface area contributed by atoms with Gasteiger partial charge in [0.15, 0.2) is 11.3 Å². The number of aryl methyl sites for hydroxylation is 4. The van der Waals surface area contributed by atoms with Gasteiger partial charge in [-0.3, -0.25) is 0 Å². The van der Waals surface area contributed by atoms with Gasteiger partial charge in [-0.2, -0.15) is 10.4 Å². The number of imidazole rings is 2. The minimum absolute atomic E-state index is 0.422. The van der Waals surface area contributed by atoms with E-state index in [1.54, 1.807) is 4.52 Å². The molecule has 0 saturated heterocycles. The zero-order chi connectivity index (χ0) is 18.1. The van der Waals surface area contributed by atoms with Gasteiger partial charge in [0.05, 0.1) is 17.1 Å². The van der Waals surface area contributed by atoms with E-state index in [2.05, 4.69) is 39.0 Å². The third kappa shape index (κ3) is 2.84. The van der Waals surface area contributed by atoms with Crippen LogP contribution >= 0.6 is 0 Å². The summed E-state index contributed by atoms with van der Waals surface area (Å²) in [6.45, 7) is 1.86. The lowest BCUT2D eigenvalue weighted by atomic mass is 10.2. The lowest BCUT2D eigenvalue weighted by molar-refractivity contribution is 0.742. The number of aromatic nitrogens is 5. The van der Waals surface area contributed by atoms with Crippen LogP contribution in [-0.4, -0.2) is 24.1 Å². The highest BCUT2D eigenvalue weighted by atomic mass is 15.3. The SMILES string of the molecule is Cc1c(C#N)nc2ccc(CCc3nc(-c4ccccc4)cn3C)nn12. The van der Waals surface area contributed by atoms with Crippen LogP contribution in [0.3, 0.4) is 0 Å². The van der Waals surface area contributed by atoms with Crippen LogP contribution < -0.4 is 0 Å². The highest BCUT2D eigenvalue weighted by molar-refractivity contribution is 5.58. The van der Waals surface area contributed by atoms with E-state index in [1.807, 2.05) is 44.3 Å². The Balaban J connectivity index is 1.56. The molecule has 0 saturated carbocycles. The zero-order valence-corrected chi connectivity index (χ0v) is 14.7. The minimum atomic E-state index is 0.422. The van der Waals surface area contributed by atoms with Crippen molar-refractivity contribution in [2.75, 3.05) is 0 Å². The number of nitriles is 1. The quantitative estimate of drug-likeness (QED) is 0.571. The second-order valence-electron chi connectivity index (χ2n) is 6.27. The number of benzene rings is 1. The molecular formula is C20H18N6. The Morgan fingerprint density at radius 3 is 2.62 bits per heavy atom. The Hall–Kier alpha value is -3.46. The van der Waals surface area contributed by atoms with Gasteiger partial charge >= 0.3 is 0 Å². The number of hydrogen-bond donors (Lipinski definition) is 0. The molecule has 3 aromatic heterocycles. The number of fused-ring (bicyclic) bond motifs is 1. The van der Waals surface area contributed by atoms with Gasteiger partial charge in [-0.25, -0.2) is 14.5 Å². The van der Waals surface area contributed by atoms with Crippen LogP contribution in [0.4, 0.5) is 0 Å². The van der Waals surface area contributed by atoms with E-state index in [0.717, 1.165) is 41.3 Å². The Morgan fingerprint density at radius 1 is 1.04 bits per heavy atom. The Kier molecular flexibility index (Phi) is 3.98. The van der Waals surface area contributed by atoms with E-state index < -0.39 is 0 Å². The molecule has 0 radical (unpaired) electrons. The molecule has 0 spiro atoms. The molecule has 0 amide bonds. The molecule has 0 atom stereocenters. The molecular weight excluding hydrogens is 324 g/mol. The molecule has 0 aliphatic carbocycles. The summed E-state index contributed by atoms with van der Waals surface area (Å²) in [5.74, 6) is 1.02. The van der Waals surface area contributed by atoms with Gasteiger partial charge in [-0.1, -0.05) is 30.3 Å². The maximum Gasteiger partial charge on any atom is 0.164 e. The molecule has 0 N–H and O–H groups in total. The van der Waals surface area contributed by atoms with E-state index >= 15 is 0 Å². The zero-order valence-electron chi connectivity index (χ0n) is 14.7. The van der Waals surface area contributed by atoms with Crippen molar-refractivity contribution in [2.45, 2.75) is 19.8 Å². The molecule has 1 aromatic carbocycles. The summed E-state index contributed by atoms with van der Waals surface area (Å²) < 4.78 is 3.80. The summed E-state index contributed by atoms with van der Waals surface area (Å²) in [6, 6.07) is 16.1. The average molecular weight is 342 g/mol. The first kappa shape index (κ1) is 16.0. The molecule has 128 valence electrons. The summed E-state index contributed by atoms with van der Waals surface area (Å²) in [5.41, 5.74) is 4.94. The van der Waals surface area contributed by atoms with Crippen LogP contribution in [0.5, 0.6) is 0 Å². The van der Waals surface area contributed by atoms with Gasteiger partial charge in [0.1, 0.15) is 11.9 Å². The number of hydrogen-bond acceptors (Lipinski definition) is 4. The monoisotopic (exact) mass is 342 g/mol. The van der Waals surface area contributed by atoms with Gasteiger partial charge in [0, 0.05) is 25.2 Å². The molecule has 4 rings (SSSR count). The molecule has 6 nitrogen and oxygen atoms in total. The largest absolute Gasteiger partial charge is 0.337 e. The standard InChI is InChI=1S/C20H18N6/c1-14-17(12-21)22-20-11-9-16(24-26(14)20)8-10-19-23-18(13-25(19)2)15-6-4-3-5-7-15/h3-7,9,11,13H,8,10H2,1-2H3. The lowest BCUT2D eigenvalue weighted by Crippen LogP contribution is -2.04. The van der Waals surface area contributed by atoms with Crippen LogP contribution in [-0.2, 0) is 19.9 Å². The number of rotatable bonds is 4. The average Bonchev–Trinajstić information content (AvgIpc) is 3.20. The summed E-state index contributed by atoms with van der Waals surface area (Å²) in [7, 11) is 2.02. The van der Waals surface area contributed by atoms with Crippen molar-refractivity contribution in [3.8, 4) is 17.3 Å². The van der Waals surface area contributed by atoms with E-state index in [1.165, 1.54) is 0 Å². The second kappa shape index (κ2) is 6.45. The summed E-state index contributed by atoms with van der Waals surface area (Å²) in [6.07, 6.45) is 3.62. The maximum atomic E-state index is 9.10. The van der Waals surface area contributed by atoms with Crippen LogP contribution in [0.15, 0.2) is 48.7 Å². The molecule has 6 heteroatoms. The molecule has 0 aliphatic heterocycles. The highest BCUT2D eigenvalue weighted by Crippen LogP contribution is 2.18. The van der Waals surface area contributed by atoms with Gasteiger partial charge in [-0.05, 0) is 25.5 Å². The molecule has 0 unspecified atom stereocenters. The summed E-state index contributed by atoms with van der Waals surface area (Å²) in [5, 5.41) is 13.7. The second-order valence-corrected chi connectivity index (χ2v) is 6.27. The summed E-state index contributed by atoms with van der Waals surface area (Å²) in [4.78, 5) is 9.03. The maximum absolute atomic E-state index is 9.10. The van der Waals surface area contributed by atoms with Gasteiger partial charge in [-0.15, -0.1) is 0 Å². The van der Waals surface area contributed by atoms with E-state index in [0.29, 0.717) is 11.3 Å². The van der Waals surface area contributed by atoms with Crippen LogP contribution in [0.25, 0.3) is 16.9 Å². The van der Waals surface area contributed by atoms with Crippen molar-refractivity contribution in [3.05, 3.63) is 71.6 Å². The topological polar surface area (TPSA) is 71.8 Å². The first-order valence-electron chi connectivity index (χ1n) is 8.49. The van der Waals surface area contributed by atoms with Gasteiger partial charge < -0.3 is 4.57 Å². The fourth-order valence-electron chi connectivity index (χ4n) is 3.05. The van der Waals surface area contributed by atoms with Crippen LogP contribution in [0, 0.1) is 18.3 Å². The molecule has 0 aliphatic rings. The molecule has 4 aromatic rings. The third-order valence-electron chi connectivity index (χ3n) is 4.51. The summed E-state index contributed by atoms with van der Waals surface area (Å²) >= 11 is 0. The van der Waals surface area contributed by atoms with Crippen LogP contribution in [0.2, 0.25) is 0 Å². The molecule has 3 heterocycles. The van der Waals surface area contributed by atoms with Crippen molar-refractivity contribution >= 4 is 5.65 Å².